The zero-order chi connectivity index (χ0) is 8.97. The van der Waals surface area contributed by atoms with Gasteiger partial charge in [-0.3, -0.25) is 0 Å². The number of rotatable bonds is 2. The van der Waals surface area contributed by atoms with Crippen LogP contribution in [0.2, 0.25) is 5.82 Å². The fraction of sp³-hybridized carbons (Fsp3) is 0.111. The monoisotopic (exact) mass is 225 g/mol. The van der Waals surface area contributed by atoms with Gasteiger partial charge in [0.05, 0.1) is 0 Å². The van der Waals surface area contributed by atoms with Gasteiger partial charge in [-0.1, -0.05) is 0 Å². The van der Waals surface area contributed by atoms with Crippen LogP contribution < -0.4 is 0 Å². The fourth-order valence-electron chi connectivity index (χ4n) is 0.799. The van der Waals surface area contributed by atoms with Crippen LogP contribution in [0.5, 0.6) is 0 Å². The Hall–Kier alpha value is -1.10. The second kappa shape index (κ2) is 4.06. The third-order valence-corrected chi connectivity index (χ3v) is 2.71. The Labute approximate surface area is 77.4 Å². The van der Waals surface area contributed by atoms with Crippen molar-refractivity contribution in [3.05, 3.63) is 35.4 Å². The van der Waals surface area contributed by atoms with Crippen LogP contribution in [0.1, 0.15) is 15.9 Å². The molecule has 60 valence electrons. The molecule has 0 saturated heterocycles. The molecule has 0 N–H and O–H groups in total. The van der Waals surface area contributed by atoms with Crippen molar-refractivity contribution in [1.82, 2.24) is 0 Å². The summed E-state index contributed by atoms with van der Waals surface area (Å²) in [5, 5.41) is 8.49. The van der Waals surface area contributed by atoms with Gasteiger partial charge in [-0.05, 0) is 0 Å². The first-order valence-electron chi connectivity index (χ1n) is 3.36. The van der Waals surface area contributed by atoms with Gasteiger partial charge < -0.3 is 0 Å². The van der Waals surface area contributed by atoms with Crippen molar-refractivity contribution >= 4 is 19.6 Å². The van der Waals surface area contributed by atoms with E-state index < -0.39 is 0 Å². The molecule has 0 aliphatic rings. The molecule has 1 rings (SSSR count). The van der Waals surface area contributed by atoms with Crippen LogP contribution in [0, 0.1) is 11.3 Å². The quantitative estimate of drug-likeness (QED) is 0.713. The molecule has 0 aromatic heterocycles. The van der Waals surface area contributed by atoms with Crippen molar-refractivity contribution in [3.8, 4) is 6.07 Å². The standard InChI is InChI=1S/C9H7NOSe/c1-12-9(11)8-4-2-7(6-10)3-5-8/h2-5H,1H3. The van der Waals surface area contributed by atoms with Crippen LogP contribution >= 0.6 is 0 Å². The first-order chi connectivity index (χ1) is 5.77. The van der Waals surface area contributed by atoms with Gasteiger partial charge in [-0.15, -0.1) is 0 Å². The minimum atomic E-state index is 0.00810. The molecule has 0 fully saturated rings. The summed E-state index contributed by atoms with van der Waals surface area (Å²) in [6, 6.07) is 8.74. The van der Waals surface area contributed by atoms with E-state index in [2.05, 4.69) is 0 Å². The maximum absolute atomic E-state index is 11.2. The van der Waals surface area contributed by atoms with Crippen molar-refractivity contribution in [3.63, 3.8) is 0 Å². The summed E-state index contributed by atoms with van der Waals surface area (Å²) in [5.41, 5.74) is 1.30. The third-order valence-electron chi connectivity index (χ3n) is 1.44. The molecule has 2 nitrogen and oxygen atoms in total. The molecule has 1 aromatic rings. The van der Waals surface area contributed by atoms with E-state index >= 15 is 0 Å². The third kappa shape index (κ3) is 1.94. The number of nitriles is 1. The minimum absolute atomic E-state index is 0.00810. The predicted octanol–water partition coefficient (Wildman–Crippen LogP) is 1.45. The molecule has 0 unspecified atom stereocenters. The van der Waals surface area contributed by atoms with Gasteiger partial charge in [0, 0.05) is 0 Å². The van der Waals surface area contributed by atoms with Gasteiger partial charge in [0.25, 0.3) is 0 Å². The van der Waals surface area contributed by atoms with Crippen molar-refractivity contribution < 1.29 is 4.79 Å². The summed E-state index contributed by atoms with van der Waals surface area (Å²) in [6.07, 6.45) is 0. The summed E-state index contributed by atoms with van der Waals surface area (Å²) in [4.78, 5) is 11.2. The Kier molecular flexibility index (Phi) is 3.04. The van der Waals surface area contributed by atoms with Crippen LogP contribution in [0.3, 0.4) is 0 Å². The first kappa shape index (κ1) is 8.99. The molecule has 0 spiro atoms. The van der Waals surface area contributed by atoms with Gasteiger partial charge >= 0.3 is 77.0 Å². The van der Waals surface area contributed by atoms with Crippen molar-refractivity contribution in [2.75, 3.05) is 0 Å². The molecule has 1 aromatic carbocycles. The van der Waals surface area contributed by atoms with Gasteiger partial charge in [-0.2, -0.15) is 0 Å². The summed E-state index contributed by atoms with van der Waals surface area (Å²) >= 11 is 0.00810. The summed E-state index contributed by atoms with van der Waals surface area (Å²) in [5.74, 6) is 1.88. The van der Waals surface area contributed by atoms with Crippen molar-refractivity contribution in [1.29, 1.82) is 5.26 Å². The molecular weight excluding hydrogens is 217 g/mol. The van der Waals surface area contributed by atoms with Crippen molar-refractivity contribution in [2.24, 2.45) is 0 Å². The zero-order valence-electron chi connectivity index (χ0n) is 6.57. The molecular formula is C9H7NOSe. The van der Waals surface area contributed by atoms with Crippen LogP contribution in [-0.2, 0) is 0 Å². The van der Waals surface area contributed by atoms with E-state index in [0.717, 1.165) is 0 Å². The van der Waals surface area contributed by atoms with Crippen LogP contribution in [-0.4, -0.2) is 19.6 Å². The molecule has 12 heavy (non-hydrogen) atoms. The fourth-order valence-corrected chi connectivity index (χ4v) is 1.58. The van der Waals surface area contributed by atoms with Gasteiger partial charge in [-0.25, -0.2) is 0 Å². The maximum atomic E-state index is 11.2. The number of nitrogens with zero attached hydrogens (tertiary/aromatic N) is 1. The Balaban J connectivity index is 2.94. The van der Waals surface area contributed by atoms with Gasteiger partial charge in [0.2, 0.25) is 0 Å². The molecule has 0 bridgehead atoms. The second-order valence-corrected chi connectivity index (χ2v) is 3.82. The summed E-state index contributed by atoms with van der Waals surface area (Å²) in [7, 11) is 0. The molecule has 0 aliphatic heterocycles. The number of carbonyl (C=O) groups is 1. The SMILES string of the molecule is C[Se]C(=O)c1ccc(C#N)cc1. The van der Waals surface area contributed by atoms with Crippen LogP contribution in [0.25, 0.3) is 0 Å². The Morgan fingerprint density at radius 2 is 2.00 bits per heavy atom. The Morgan fingerprint density at radius 3 is 2.42 bits per heavy atom. The molecule has 3 heteroatoms. The van der Waals surface area contributed by atoms with E-state index in [1.807, 2.05) is 11.9 Å². The Bertz CT molecular complexity index is 323. The van der Waals surface area contributed by atoms with Crippen molar-refractivity contribution in [2.45, 2.75) is 5.82 Å². The summed E-state index contributed by atoms with van der Waals surface area (Å²) < 4.78 is 0.173. The Morgan fingerprint density at radius 1 is 1.42 bits per heavy atom. The van der Waals surface area contributed by atoms with Gasteiger partial charge in [0.15, 0.2) is 0 Å². The van der Waals surface area contributed by atoms with E-state index in [1.54, 1.807) is 24.3 Å². The van der Waals surface area contributed by atoms with E-state index in [4.69, 9.17) is 5.26 Å². The number of carbonyl (C=O) groups excluding carboxylic acids is 1. The molecule has 0 atom stereocenters. The molecule has 0 radical (unpaired) electrons. The average molecular weight is 224 g/mol. The van der Waals surface area contributed by atoms with E-state index in [0.29, 0.717) is 11.1 Å². The molecule has 0 aliphatic carbocycles. The van der Waals surface area contributed by atoms with E-state index in [9.17, 15) is 4.79 Å². The molecule has 0 amide bonds. The number of benzene rings is 1. The number of hydrogen-bond donors (Lipinski definition) is 0. The topological polar surface area (TPSA) is 40.9 Å². The summed E-state index contributed by atoms with van der Waals surface area (Å²) in [6.45, 7) is 0. The predicted molar refractivity (Wildman–Crippen MR) is 47.1 cm³/mol. The number of hydrogen-bond acceptors (Lipinski definition) is 2. The normalized spacial score (nSPS) is 9.00. The van der Waals surface area contributed by atoms with Crippen LogP contribution in [0.15, 0.2) is 24.3 Å². The van der Waals surface area contributed by atoms with Gasteiger partial charge in [0.1, 0.15) is 0 Å². The first-order valence-corrected chi connectivity index (χ1v) is 5.93. The molecule has 0 heterocycles. The van der Waals surface area contributed by atoms with Crippen LogP contribution in [0.4, 0.5) is 0 Å². The zero-order valence-corrected chi connectivity index (χ0v) is 8.29. The molecule has 0 saturated carbocycles. The average Bonchev–Trinajstić information content (AvgIpc) is 2.17. The van der Waals surface area contributed by atoms with E-state index in [1.165, 1.54) is 0 Å². The second-order valence-electron chi connectivity index (χ2n) is 2.18. The van der Waals surface area contributed by atoms with E-state index in [-0.39, 0.29) is 19.6 Å².